The van der Waals surface area contributed by atoms with E-state index >= 15 is 0 Å². The van der Waals surface area contributed by atoms with Crippen molar-refractivity contribution in [3.05, 3.63) is 35.9 Å². The normalized spacial score (nSPS) is 13.7. The molecular weight excluding hydrogens is 174 g/mol. The van der Waals surface area contributed by atoms with Gasteiger partial charge in [0.25, 0.3) is 0 Å². The highest BCUT2D eigenvalue weighted by atomic mass is 16.1. The second-order valence-electron chi connectivity index (χ2n) is 4.54. The van der Waals surface area contributed by atoms with Crippen molar-refractivity contribution in [3.8, 4) is 0 Å². The quantitative estimate of drug-likeness (QED) is 0.670. The smallest absolute Gasteiger partial charge is 0.191 e. The predicted octanol–water partition coefficient (Wildman–Crippen LogP) is 2.02. The van der Waals surface area contributed by atoms with E-state index in [4.69, 9.17) is 0 Å². The third kappa shape index (κ3) is 2.42. The average Bonchev–Trinajstić information content (AvgIpc) is 2.02. The number of quaternary nitrogens is 1. The second-order valence-corrected chi connectivity index (χ2v) is 4.54. The lowest BCUT2D eigenvalue weighted by atomic mass is 10.0. The van der Waals surface area contributed by atoms with Gasteiger partial charge in [-0.2, -0.15) is 0 Å². The first-order valence-electron chi connectivity index (χ1n) is 4.79. The third-order valence-corrected chi connectivity index (χ3v) is 2.27. The molecule has 0 amide bonds. The van der Waals surface area contributed by atoms with Gasteiger partial charge in [0.1, 0.15) is 0 Å². The van der Waals surface area contributed by atoms with E-state index in [1.165, 1.54) is 0 Å². The van der Waals surface area contributed by atoms with E-state index in [1.54, 1.807) is 6.92 Å². The Balaban J connectivity index is 3.08. The van der Waals surface area contributed by atoms with Gasteiger partial charge in [-0.25, -0.2) is 0 Å². The molecule has 0 fully saturated rings. The Morgan fingerprint density at radius 1 is 1.14 bits per heavy atom. The molecule has 0 radical (unpaired) electrons. The van der Waals surface area contributed by atoms with Crippen LogP contribution >= 0.6 is 0 Å². The molecule has 1 aromatic carbocycles. The lowest BCUT2D eigenvalue weighted by Crippen LogP contribution is -2.42. The molecular formula is C12H18NO+. The molecule has 1 atom stereocenters. The van der Waals surface area contributed by atoms with Crippen LogP contribution in [0.5, 0.6) is 0 Å². The summed E-state index contributed by atoms with van der Waals surface area (Å²) in [5.41, 5.74) is 1.09. The molecule has 0 saturated heterocycles. The van der Waals surface area contributed by atoms with Crippen LogP contribution in [-0.2, 0) is 4.79 Å². The maximum atomic E-state index is 11.6. The Bertz CT molecular complexity index is 311. The molecule has 0 aliphatic rings. The van der Waals surface area contributed by atoms with Crippen LogP contribution in [0, 0.1) is 0 Å². The predicted molar refractivity (Wildman–Crippen MR) is 57.9 cm³/mol. The lowest BCUT2D eigenvalue weighted by Gasteiger charge is -2.32. The van der Waals surface area contributed by atoms with Crippen molar-refractivity contribution in [2.24, 2.45) is 0 Å². The first kappa shape index (κ1) is 10.9. The first-order chi connectivity index (χ1) is 6.43. The molecule has 0 N–H and O–H groups in total. The fourth-order valence-electron chi connectivity index (χ4n) is 1.86. The van der Waals surface area contributed by atoms with E-state index in [-0.39, 0.29) is 11.8 Å². The van der Waals surface area contributed by atoms with Crippen LogP contribution < -0.4 is 0 Å². The molecule has 0 saturated carbocycles. The van der Waals surface area contributed by atoms with E-state index in [2.05, 4.69) is 0 Å². The molecule has 0 aliphatic heterocycles. The number of carbonyl (C=O) groups excluding carboxylic acids is 1. The van der Waals surface area contributed by atoms with Crippen molar-refractivity contribution >= 4 is 5.78 Å². The van der Waals surface area contributed by atoms with Gasteiger partial charge in [-0.3, -0.25) is 4.79 Å². The molecule has 0 aromatic heterocycles. The monoisotopic (exact) mass is 192 g/mol. The highest BCUT2D eigenvalue weighted by Gasteiger charge is 2.29. The lowest BCUT2D eigenvalue weighted by molar-refractivity contribution is -0.892. The Kier molecular flexibility index (Phi) is 3.06. The van der Waals surface area contributed by atoms with Crippen molar-refractivity contribution in [1.82, 2.24) is 0 Å². The number of nitrogens with zero attached hydrogens (tertiary/aromatic N) is 1. The number of hydrogen-bond donors (Lipinski definition) is 0. The molecule has 2 nitrogen and oxygen atoms in total. The molecule has 14 heavy (non-hydrogen) atoms. The van der Waals surface area contributed by atoms with E-state index in [9.17, 15) is 4.79 Å². The third-order valence-electron chi connectivity index (χ3n) is 2.27. The number of benzene rings is 1. The molecule has 0 bridgehead atoms. The van der Waals surface area contributed by atoms with Crippen molar-refractivity contribution in [3.63, 3.8) is 0 Å². The van der Waals surface area contributed by atoms with Crippen LogP contribution in [0.25, 0.3) is 0 Å². The summed E-state index contributed by atoms with van der Waals surface area (Å²) in [6.07, 6.45) is 0. The Labute approximate surface area is 85.8 Å². The van der Waals surface area contributed by atoms with Gasteiger partial charge in [-0.1, -0.05) is 30.3 Å². The number of hydrogen-bond acceptors (Lipinski definition) is 1. The van der Waals surface area contributed by atoms with E-state index < -0.39 is 0 Å². The van der Waals surface area contributed by atoms with Crippen LogP contribution in [-0.4, -0.2) is 31.4 Å². The zero-order valence-electron chi connectivity index (χ0n) is 9.32. The van der Waals surface area contributed by atoms with Gasteiger partial charge in [-0.05, 0) is 0 Å². The average molecular weight is 192 g/mol. The van der Waals surface area contributed by atoms with Crippen molar-refractivity contribution < 1.29 is 9.28 Å². The van der Waals surface area contributed by atoms with Crippen molar-refractivity contribution in [2.45, 2.75) is 13.0 Å². The molecule has 0 heterocycles. The zero-order chi connectivity index (χ0) is 10.8. The topological polar surface area (TPSA) is 17.1 Å². The second kappa shape index (κ2) is 3.93. The molecule has 0 aliphatic carbocycles. The van der Waals surface area contributed by atoms with Gasteiger partial charge in [0.2, 0.25) is 0 Å². The molecule has 0 spiro atoms. The van der Waals surface area contributed by atoms with Crippen molar-refractivity contribution in [1.29, 1.82) is 0 Å². The number of ketones is 1. The number of Topliss-reactive ketones (excluding diaryl/α,β-unsaturated/α-hetero) is 1. The van der Waals surface area contributed by atoms with E-state index in [1.807, 2.05) is 51.5 Å². The summed E-state index contributed by atoms with van der Waals surface area (Å²) < 4.78 is 0.638. The van der Waals surface area contributed by atoms with Gasteiger partial charge >= 0.3 is 0 Å². The highest BCUT2D eigenvalue weighted by Crippen LogP contribution is 2.23. The maximum Gasteiger partial charge on any atom is 0.191 e. The molecule has 0 unspecified atom stereocenters. The van der Waals surface area contributed by atoms with Gasteiger partial charge in [0.15, 0.2) is 11.8 Å². The minimum absolute atomic E-state index is 0.0591. The maximum absolute atomic E-state index is 11.6. The highest BCUT2D eigenvalue weighted by molar-refractivity contribution is 5.81. The van der Waals surface area contributed by atoms with Gasteiger partial charge in [0, 0.05) is 12.5 Å². The molecule has 76 valence electrons. The number of rotatable bonds is 3. The zero-order valence-corrected chi connectivity index (χ0v) is 9.32. The Hall–Kier alpha value is -1.15. The summed E-state index contributed by atoms with van der Waals surface area (Å²) in [5, 5.41) is 0. The number of likely N-dealkylation sites (N-methyl/N-ethyl adjacent to an activating group) is 1. The van der Waals surface area contributed by atoms with Crippen molar-refractivity contribution in [2.75, 3.05) is 21.1 Å². The molecule has 1 rings (SSSR count). The minimum Gasteiger partial charge on any atom is -0.318 e. The van der Waals surface area contributed by atoms with Gasteiger partial charge < -0.3 is 4.48 Å². The summed E-state index contributed by atoms with van der Waals surface area (Å²) in [5.74, 6) is 0.212. The Morgan fingerprint density at radius 2 is 1.64 bits per heavy atom. The Morgan fingerprint density at radius 3 is 2.00 bits per heavy atom. The fourth-order valence-corrected chi connectivity index (χ4v) is 1.86. The first-order valence-corrected chi connectivity index (χ1v) is 4.79. The largest absolute Gasteiger partial charge is 0.318 e. The summed E-state index contributed by atoms with van der Waals surface area (Å²) >= 11 is 0. The van der Waals surface area contributed by atoms with Gasteiger partial charge in [0.05, 0.1) is 21.1 Å². The standard InChI is InChI=1S/C12H18NO/c1-10(14)12(13(2,3)4)11-8-6-5-7-9-11/h5-9,12H,1-4H3/q+1/t12-/m1/s1. The van der Waals surface area contributed by atoms with Crippen LogP contribution in [0.3, 0.4) is 0 Å². The van der Waals surface area contributed by atoms with Crippen LogP contribution in [0.2, 0.25) is 0 Å². The van der Waals surface area contributed by atoms with E-state index in [0.717, 1.165) is 5.56 Å². The SMILES string of the molecule is CC(=O)[C@H](c1ccccc1)[N+](C)(C)C. The summed E-state index contributed by atoms with van der Waals surface area (Å²) in [6.45, 7) is 1.65. The summed E-state index contributed by atoms with van der Waals surface area (Å²) in [7, 11) is 6.12. The van der Waals surface area contributed by atoms with Crippen LogP contribution in [0.15, 0.2) is 30.3 Å². The van der Waals surface area contributed by atoms with Crippen LogP contribution in [0.4, 0.5) is 0 Å². The fraction of sp³-hybridized carbons (Fsp3) is 0.417. The van der Waals surface area contributed by atoms with E-state index in [0.29, 0.717) is 4.48 Å². The van der Waals surface area contributed by atoms with Gasteiger partial charge in [-0.15, -0.1) is 0 Å². The minimum atomic E-state index is -0.0591. The summed E-state index contributed by atoms with van der Waals surface area (Å²) in [6, 6.07) is 9.87. The number of carbonyl (C=O) groups is 1. The molecule has 2 heteroatoms. The molecule has 1 aromatic rings. The summed E-state index contributed by atoms with van der Waals surface area (Å²) in [4.78, 5) is 11.6. The van der Waals surface area contributed by atoms with Crippen LogP contribution in [0.1, 0.15) is 18.5 Å².